The van der Waals surface area contributed by atoms with E-state index < -0.39 is 0 Å². The molecule has 3 rings (SSSR count). The maximum absolute atomic E-state index is 2.12. The lowest BCUT2D eigenvalue weighted by atomic mass is 10.1. The van der Waals surface area contributed by atoms with Crippen LogP contribution in [0.15, 0.2) is 97.1 Å². The van der Waals surface area contributed by atoms with Crippen LogP contribution in [0.3, 0.4) is 0 Å². The molecule has 0 N–H and O–H groups in total. The molecule has 3 aromatic carbocycles. The van der Waals surface area contributed by atoms with Crippen LogP contribution >= 0.6 is 0 Å². The Hall–Kier alpha value is -2.34. The van der Waals surface area contributed by atoms with Crippen molar-refractivity contribution < 1.29 is 0 Å². The van der Waals surface area contributed by atoms with Crippen molar-refractivity contribution >= 4 is 0 Å². The molecule has 0 atom stereocenters. The van der Waals surface area contributed by atoms with Gasteiger partial charge in [0, 0.05) is 0 Å². The first-order chi connectivity index (χ1) is 13.0. The summed E-state index contributed by atoms with van der Waals surface area (Å²) >= 11 is 0. The van der Waals surface area contributed by atoms with E-state index in [1.165, 1.54) is 11.1 Å². The molecule has 0 aromatic heterocycles. The van der Waals surface area contributed by atoms with Gasteiger partial charge in [-0.3, -0.25) is 0 Å². The third-order valence-electron chi connectivity index (χ3n) is 2.55. The van der Waals surface area contributed by atoms with Crippen LogP contribution in [0.5, 0.6) is 0 Å². The van der Waals surface area contributed by atoms with Crippen LogP contribution in [0.4, 0.5) is 0 Å². The summed E-state index contributed by atoms with van der Waals surface area (Å²) in [5.41, 5.74) is 2.55. The number of benzene rings is 3. The molecule has 0 saturated heterocycles. The summed E-state index contributed by atoms with van der Waals surface area (Å²) in [6.45, 7) is 16.0. The van der Waals surface area contributed by atoms with Crippen LogP contribution in [0, 0.1) is 0 Å². The van der Waals surface area contributed by atoms with Gasteiger partial charge in [0.2, 0.25) is 0 Å². The van der Waals surface area contributed by atoms with E-state index in [1.807, 2.05) is 104 Å². The Labute approximate surface area is 163 Å². The van der Waals surface area contributed by atoms with Gasteiger partial charge in [0.05, 0.1) is 0 Å². The summed E-state index contributed by atoms with van der Waals surface area (Å²) in [6.07, 6.45) is 0. The maximum atomic E-state index is 2.12. The van der Waals surface area contributed by atoms with Crippen LogP contribution in [0.1, 0.15) is 55.4 Å². The van der Waals surface area contributed by atoms with Crippen LogP contribution in [-0.4, -0.2) is 0 Å². The van der Waals surface area contributed by atoms with Gasteiger partial charge in [-0.05, 0) is 11.1 Å². The lowest BCUT2D eigenvalue weighted by Gasteiger charge is -1.98. The number of rotatable bonds is 1. The molecule has 0 fully saturated rings. The minimum atomic E-state index is 1.28. The fourth-order valence-corrected chi connectivity index (χ4v) is 1.65. The lowest BCUT2D eigenvalue weighted by molar-refractivity contribution is 1.50. The van der Waals surface area contributed by atoms with Crippen molar-refractivity contribution in [2.45, 2.75) is 55.4 Å². The van der Waals surface area contributed by atoms with Gasteiger partial charge in [0.15, 0.2) is 0 Å². The zero-order chi connectivity index (χ0) is 20.5. The van der Waals surface area contributed by atoms with Crippen molar-refractivity contribution in [2.75, 3.05) is 0 Å². The molecule has 0 bridgehead atoms. The smallest absolute Gasteiger partial charge is 0.0184 e. The van der Waals surface area contributed by atoms with Gasteiger partial charge < -0.3 is 0 Å². The second-order valence-corrected chi connectivity index (χ2v) is 3.89. The van der Waals surface area contributed by atoms with E-state index in [2.05, 4.69) is 48.5 Å². The first-order valence-electron chi connectivity index (χ1n) is 10.1. The standard InChI is InChI=1S/C12H10.C6H6.4C2H6/c1-3-7-11(8-4-1)12-9-5-2-6-10-12;1-2-4-6-5-3-1;4*1-2/h1-10H;1-6H;4*1-2H3. The average molecular weight is 353 g/mol. The summed E-state index contributed by atoms with van der Waals surface area (Å²) < 4.78 is 0. The molecular formula is C26H40. The molecular weight excluding hydrogens is 312 g/mol. The van der Waals surface area contributed by atoms with Gasteiger partial charge in [0.25, 0.3) is 0 Å². The van der Waals surface area contributed by atoms with E-state index >= 15 is 0 Å². The van der Waals surface area contributed by atoms with E-state index in [9.17, 15) is 0 Å². The Kier molecular flexibility index (Phi) is 30.1. The minimum absolute atomic E-state index is 1.28. The van der Waals surface area contributed by atoms with Crippen molar-refractivity contribution in [1.29, 1.82) is 0 Å². The van der Waals surface area contributed by atoms with E-state index in [0.717, 1.165) is 0 Å². The maximum Gasteiger partial charge on any atom is -0.0184 e. The molecule has 144 valence electrons. The average Bonchev–Trinajstić information content (AvgIpc) is 2.82. The highest BCUT2D eigenvalue weighted by molar-refractivity contribution is 5.62. The molecule has 0 radical (unpaired) electrons. The zero-order valence-electron chi connectivity index (χ0n) is 18.2. The Bertz CT molecular complexity index is 463. The Balaban J connectivity index is -0.000000321. The van der Waals surface area contributed by atoms with Crippen molar-refractivity contribution in [3.8, 4) is 11.1 Å². The van der Waals surface area contributed by atoms with Gasteiger partial charge in [-0.1, -0.05) is 152 Å². The van der Waals surface area contributed by atoms with Crippen LogP contribution in [-0.2, 0) is 0 Å². The Morgan fingerprint density at radius 2 is 0.423 bits per heavy atom. The summed E-state index contributed by atoms with van der Waals surface area (Å²) in [5, 5.41) is 0. The van der Waals surface area contributed by atoms with Gasteiger partial charge in [-0.15, -0.1) is 0 Å². The van der Waals surface area contributed by atoms with Crippen LogP contribution in [0.25, 0.3) is 11.1 Å². The molecule has 0 heteroatoms. The van der Waals surface area contributed by atoms with E-state index in [-0.39, 0.29) is 0 Å². The van der Waals surface area contributed by atoms with Crippen LogP contribution < -0.4 is 0 Å². The molecule has 0 saturated carbocycles. The molecule has 0 spiro atoms. The van der Waals surface area contributed by atoms with Gasteiger partial charge in [-0.2, -0.15) is 0 Å². The second kappa shape index (κ2) is 27.5. The van der Waals surface area contributed by atoms with Crippen molar-refractivity contribution in [1.82, 2.24) is 0 Å². The molecule has 0 amide bonds. The Morgan fingerprint density at radius 3 is 0.615 bits per heavy atom. The number of hydrogen-bond acceptors (Lipinski definition) is 0. The summed E-state index contributed by atoms with van der Waals surface area (Å²) in [6, 6.07) is 32.8. The molecule has 26 heavy (non-hydrogen) atoms. The third-order valence-corrected chi connectivity index (χ3v) is 2.55. The zero-order valence-corrected chi connectivity index (χ0v) is 18.2. The number of hydrogen-bond donors (Lipinski definition) is 0. The SMILES string of the molecule is CC.CC.CC.CC.c1ccc(-c2ccccc2)cc1.c1ccccc1. The molecule has 0 aliphatic rings. The summed E-state index contributed by atoms with van der Waals surface area (Å²) in [7, 11) is 0. The first-order valence-corrected chi connectivity index (χ1v) is 10.1. The van der Waals surface area contributed by atoms with Crippen molar-refractivity contribution in [3.05, 3.63) is 97.1 Å². The quantitative estimate of drug-likeness (QED) is 0.409. The highest BCUT2D eigenvalue weighted by Crippen LogP contribution is 2.17. The van der Waals surface area contributed by atoms with E-state index in [4.69, 9.17) is 0 Å². The van der Waals surface area contributed by atoms with Crippen molar-refractivity contribution in [2.24, 2.45) is 0 Å². The van der Waals surface area contributed by atoms with Gasteiger partial charge >= 0.3 is 0 Å². The van der Waals surface area contributed by atoms with Gasteiger partial charge in [0.1, 0.15) is 0 Å². The Morgan fingerprint density at radius 1 is 0.269 bits per heavy atom. The molecule has 3 aromatic rings. The highest BCUT2D eigenvalue weighted by atomic mass is 14.0. The first kappa shape index (κ1) is 28.5. The molecule has 0 aliphatic heterocycles. The topological polar surface area (TPSA) is 0 Å². The summed E-state index contributed by atoms with van der Waals surface area (Å²) in [5.74, 6) is 0. The lowest BCUT2D eigenvalue weighted by Crippen LogP contribution is -1.73. The fraction of sp³-hybridized carbons (Fsp3) is 0.308. The van der Waals surface area contributed by atoms with E-state index in [1.54, 1.807) is 0 Å². The minimum Gasteiger partial charge on any atom is -0.0683 e. The largest absolute Gasteiger partial charge is 0.0683 e. The monoisotopic (exact) mass is 352 g/mol. The molecule has 0 aliphatic carbocycles. The third kappa shape index (κ3) is 16.5. The molecule has 0 nitrogen and oxygen atoms in total. The normalized spacial score (nSPS) is 7.23. The van der Waals surface area contributed by atoms with Crippen LogP contribution in [0.2, 0.25) is 0 Å². The van der Waals surface area contributed by atoms with Crippen molar-refractivity contribution in [3.63, 3.8) is 0 Å². The highest BCUT2D eigenvalue weighted by Gasteiger charge is 1.91. The predicted octanol–water partition coefficient (Wildman–Crippen LogP) is 9.15. The fourth-order valence-electron chi connectivity index (χ4n) is 1.65. The van der Waals surface area contributed by atoms with Gasteiger partial charge in [-0.25, -0.2) is 0 Å². The second-order valence-electron chi connectivity index (χ2n) is 3.89. The molecule has 0 unspecified atom stereocenters. The predicted molar refractivity (Wildman–Crippen MR) is 124 cm³/mol. The summed E-state index contributed by atoms with van der Waals surface area (Å²) in [4.78, 5) is 0. The molecule has 0 heterocycles. The van der Waals surface area contributed by atoms with E-state index in [0.29, 0.717) is 0 Å².